The lowest BCUT2D eigenvalue weighted by Crippen LogP contribution is -2.33. The summed E-state index contributed by atoms with van der Waals surface area (Å²) in [5.74, 6) is 0. The number of hydrogen-bond acceptors (Lipinski definition) is 4. The summed E-state index contributed by atoms with van der Waals surface area (Å²) in [6.07, 6.45) is -0.416. The van der Waals surface area contributed by atoms with E-state index in [2.05, 4.69) is 12.2 Å². The minimum absolute atomic E-state index is 0.276. The van der Waals surface area contributed by atoms with E-state index in [0.29, 0.717) is 13.2 Å². The average Bonchev–Trinajstić information content (AvgIpc) is 2.76. The summed E-state index contributed by atoms with van der Waals surface area (Å²) >= 11 is 1.60. The van der Waals surface area contributed by atoms with Crippen LogP contribution in [0.25, 0.3) is 0 Å². The van der Waals surface area contributed by atoms with Gasteiger partial charge in [0, 0.05) is 19.2 Å². The molecule has 0 saturated heterocycles. The zero-order chi connectivity index (χ0) is 11.1. The zero-order valence-electron chi connectivity index (χ0n) is 9.27. The highest BCUT2D eigenvalue weighted by Crippen LogP contribution is 2.15. The van der Waals surface area contributed by atoms with Crippen molar-refractivity contribution in [2.24, 2.45) is 0 Å². The molecule has 0 aliphatic carbocycles. The molecule has 0 radical (unpaired) electrons. The van der Waals surface area contributed by atoms with Gasteiger partial charge in [-0.15, -0.1) is 0 Å². The number of rotatable bonds is 7. The Morgan fingerprint density at radius 2 is 2.40 bits per heavy atom. The lowest BCUT2D eigenvalue weighted by Gasteiger charge is -2.16. The molecule has 1 rings (SSSR count). The quantitative estimate of drug-likeness (QED) is 0.749. The number of nitrogens with one attached hydrogen (secondary N) is 1. The van der Waals surface area contributed by atoms with Crippen LogP contribution in [0.3, 0.4) is 0 Å². The maximum absolute atomic E-state index is 9.79. The Labute approximate surface area is 95.1 Å². The monoisotopic (exact) mass is 229 g/mol. The molecule has 3 nitrogen and oxygen atoms in total. The fourth-order valence-corrected chi connectivity index (χ4v) is 1.96. The summed E-state index contributed by atoms with van der Waals surface area (Å²) in [5, 5.41) is 17.0. The van der Waals surface area contributed by atoms with Crippen LogP contribution in [0.5, 0.6) is 0 Å². The minimum Gasteiger partial charge on any atom is -0.387 e. The van der Waals surface area contributed by atoms with E-state index in [4.69, 9.17) is 4.74 Å². The number of thiophene rings is 1. The van der Waals surface area contributed by atoms with Crippen LogP contribution in [0.1, 0.15) is 25.5 Å². The van der Waals surface area contributed by atoms with Crippen LogP contribution in [0.2, 0.25) is 0 Å². The van der Waals surface area contributed by atoms with Gasteiger partial charge in [-0.25, -0.2) is 0 Å². The van der Waals surface area contributed by atoms with E-state index in [1.807, 2.05) is 23.8 Å². The summed E-state index contributed by atoms with van der Waals surface area (Å²) in [5.41, 5.74) is 0.983. The van der Waals surface area contributed by atoms with Crippen LogP contribution < -0.4 is 5.32 Å². The Morgan fingerprint density at radius 3 is 3.00 bits per heavy atom. The SMILES string of the molecule is CCOCC(C)NCC(O)c1ccsc1. The van der Waals surface area contributed by atoms with Crippen LogP contribution >= 0.6 is 11.3 Å². The lowest BCUT2D eigenvalue weighted by atomic mass is 10.2. The molecule has 0 amide bonds. The van der Waals surface area contributed by atoms with Crippen molar-refractivity contribution >= 4 is 11.3 Å². The van der Waals surface area contributed by atoms with Crippen molar-refractivity contribution < 1.29 is 9.84 Å². The normalized spacial score (nSPS) is 15.1. The Bertz CT molecular complexity index is 251. The standard InChI is InChI=1S/C11H19NO2S/c1-3-14-7-9(2)12-6-11(13)10-4-5-15-8-10/h4-5,8-9,11-13H,3,6-7H2,1-2H3. The molecular weight excluding hydrogens is 210 g/mol. The second kappa shape index (κ2) is 6.95. The Kier molecular flexibility index (Phi) is 5.86. The molecule has 86 valence electrons. The molecular formula is C11H19NO2S. The first kappa shape index (κ1) is 12.6. The molecule has 15 heavy (non-hydrogen) atoms. The van der Waals surface area contributed by atoms with Crippen LogP contribution in [0, 0.1) is 0 Å². The highest BCUT2D eigenvalue weighted by molar-refractivity contribution is 7.07. The summed E-state index contributed by atoms with van der Waals surface area (Å²) in [4.78, 5) is 0. The van der Waals surface area contributed by atoms with Gasteiger partial charge >= 0.3 is 0 Å². The Hall–Kier alpha value is -0.420. The maximum Gasteiger partial charge on any atom is 0.0922 e. The first-order valence-corrected chi connectivity index (χ1v) is 6.19. The van der Waals surface area contributed by atoms with Gasteiger partial charge in [-0.1, -0.05) is 0 Å². The molecule has 0 saturated carbocycles. The number of aliphatic hydroxyl groups excluding tert-OH is 1. The topological polar surface area (TPSA) is 41.5 Å². The third kappa shape index (κ3) is 4.75. The van der Waals surface area contributed by atoms with E-state index in [0.717, 1.165) is 12.2 Å². The van der Waals surface area contributed by atoms with Gasteiger partial charge in [0.1, 0.15) is 0 Å². The number of hydrogen-bond donors (Lipinski definition) is 2. The first-order chi connectivity index (χ1) is 7.24. The van der Waals surface area contributed by atoms with Crippen molar-refractivity contribution in [2.45, 2.75) is 26.0 Å². The molecule has 2 N–H and O–H groups in total. The second-order valence-corrected chi connectivity index (χ2v) is 4.32. The molecule has 0 aromatic carbocycles. The van der Waals surface area contributed by atoms with Gasteiger partial charge in [0.05, 0.1) is 12.7 Å². The van der Waals surface area contributed by atoms with Crippen molar-refractivity contribution in [1.29, 1.82) is 0 Å². The van der Waals surface area contributed by atoms with Gasteiger partial charge in [0.25, 0.3) is 0 Å². The summed E-state index contributed by atoms with van der Waals surface area (Å²) < 4.78 is 5.28. The average molecular weight is 229 g/mol. The van der Waals surface area contributed by atoms with E-state index in [1.165, 1.54) is 0 Å². The Morgan fingerprint density at radius 1 is 1.60 bits per heavy atom. The number of ether oxygens (including phenoxy) is 1. The van der Waals surface area contributed by atoms with Gasteiger partial charge in [-0.05, 0) is 36.2 Å². The molecule has 1 aromatic heterocycles. The molecule has 0 fully saturated rings. The highest BCUT2D eigenvalue weighted by atomic mass is 32.1. The van der Waals surface area contributed by atoms with Crippen molar-refractivity contribution in [1.82, 2.24) is 5.32 Å². The van der Waals surface area contributed by atoms with E-state index < -0.39 is 6.10 Å². The maximum atomic E-state index is 9.79. The second-order valence-electron chi connectivity index (χ2n) is 3.54. The van der Waals surface area contributed by atoms with E-state index in [9.17, 15) is 5.11 Å². The smallest absolute Gasteiger partial charge is 0.0922 e. The van der Waals surface area contributed by atoms with Gasteiger partial charge in [-0.3, -0.25) is 0 Å². The molecule has 1 aromatic rings. The molecule has 4 heteroatoms. The van der Waals surface area contributed by atoms with Crippen LogP contribution in [0.15, 0.2) is 16.8 Å². The summed E-state index contributed by atoms with van der Waals surface area (Å²) in [6, 6.07) is 2.22. The predicted octanol–water partition coefficient (Wildman–Crippen LogP) is 1.80. The van der Waals surface area contributed by atoms with Crippen LogP contribution in [-0.4, -0.2) is 30.9 Å². The van der Waals surface area contributed by atoms with Gasteiger partial charge in [0.2, 0.25) is 0 Å². The molecule has 2 unspecified atom stereocenters. The molecule has 0 aliphatic heterocycles. The van der Waals surface area contributed by atoms with Crippen molar-refractivity contribution in [3.8, 4) is 0 Å². The third-order valence-corrected chi connectivity index (χ3v) is 2.86. The van der Waals surface area contributed by atoms with Gasteiger partial charge in [-0.2, -0.15) is 11.3 Å². The third-order valence-electron chi connectivity index (χ3n) is 2.16. The van der Waals surface area contributed by atoms with Gasteiger partial charge < -0.3 is 15.2 Å². The summed E-state index contributed by atoms with van der Waals surface area (Å²) in [6.45, 7) is 6.03. The molecule has 0 aliphatic rings. The fraction of sp³-hybridized carbons (Fsp3) is 0.636. The zero-order valence-corrected chi connectivity index (χ0v) is 10.1. The Balaban J connectivity index is 2.19. The fourth-order valence-electron chi connectivity index (χ4n) is 1.25. The van der Waals surface area contributed by atoms with E-state index in [-0.39, 0.29) is 6.04 Å². The van der Waals surface area contributed by atoms with E-state index >= 15 is 0 Å². The molecule has 1 heterocycles. The lowest BCUT2D eigenvalue weighted by molar-refractivity contribution is 0.116. The van der Waals surface area contributed by atoms with Gasteiger partial charge in [0.15, 0.2) is 0 Å². The molecule has 0 spiro atoms. The predicted molar refractivity (Wildman–Crippen MR) is 63.2 cm³/mol. The highest BCUT2D eigenvalue weighted by Gasteiger charge is 2.09. The largest absolute Gasteiger partial charge is 0.387 e. The van der Waals surface area contributed by atoms with Crippen LogP contribution in [0.4, 0.5) is 0 Å². The van der Waals surface area contributed by atoms with Crippen molar-refractivity contribution in [3.63, 3.8) is 0 Å². The molecule has 2 atom stereocenters. The van der Waals surface area contributed by atoms with Crippen molar-refractivity contribution in [3.05, 3.63) is 22.4 Å². The first-order valence-electron chi connectivity index (χ1n) is 5.25. The van der Waals surface area contributed by atoms with Crippen molar-refractivity contribution in [2.75, 3.05) is 19.8 Å². The van der Waals surface area contributed by atoms with Crippen LogP contribution in [-0.2, 0) is 4.74 Å². The minimum atomic E-state index is -0.416. The van der Waals surface area contributed by atoms with E-state index in [1.54, 1.807) is 11.3 Å². The number of aliphatic hydroxyl groups is 1. The molecule has 0 bridgehead atoms. The summed E-state index contributed by atoms with van der Waals surface area (Å²) in [7, 11) is 0.